The number of halogens is 1. The Kier molecular flexibility index (Phi) is 6.02. The summed E-state index contributed by atoms with van der Waals surface area (Å²) in [6.45, 7) is 4.86. The van der Waals surface area contributed by atoms with Crippen molar-refractivity contribution in [3.05, 3.63) is 70.7 Å². The summed E-state index contributed by atoms with van der Waals surface area (Å²) in [5.74, 6) is 0.153. The minimum atomic E-state index is 0.153. The molecule has 1 unspecified atom stereocenters. The average Bonchev–Trinajstić information content (AvgIpc) is 2.55. The monoisotopic (exact) mass is 315 g/mol. The molecule has 2 aromatic carbocycles. The minimum Gasteiger partial charge on any atom is -0.335 e. The van der Waals surface area contributed by atoms with Crippen LogP contribution in [0.15, 0.2) is 54.6 Å². The van der Waals surface area contributed by atoms with Crippen LogP contribution >= 0.6 is 11.6 Å². The Morgan fingerprint density at radius 3 is 2.27 bits per heavy atom. The third-order valence-corrected chi connectivity index (χ3v) is 4.16. The molecular weight excluding hydrogens is 294 g/mol. The molecule has 0 heterocycles. The summed E-state index contributed by atoms with van der Waals surface area (Å²) < 4.78 is 0. The standard InChI is InChI=1S/C19H22ClNO/c1-3-15(2)21(14-17-7-5-4-6-8-17)19(22)13-16-9-11-18(20)12-10-16/h4-12,15H,3,13-14H2,1-2H3. The maximum absolute atomic E-state index is 12.7. The summed E-state index contributed by atoms with van der Waals surface area (Å²) in [6.07, 6.45) is 1.35. The van der Waals surface area contributed by atoms with Crippen LogP contribution in [0.1, 0.15) is 31.4 Å². The summed E-state index contributed by atoms with van der Waals surface area (Å²) in [5.41, 5.74) is 2.16. The van der Waals surface area contributed by atoms with Gasteiger partial charge in [0.25, 0.3) is 0 Å². The zero-order chi connectivity index (χ0) is 15.9. The van der Waals surface area contributed by atoms with Crippen molar-refractivity contribution in [3.8, 4) is 0 Å². The van der Waals surface area contributed by atoms with Gasteiger partial charge in [0.05, 0.1) is 6.42 Å². The van der Waals surface area contributed by atoms with Crippen LogP contribution in [0.25, 0.3) is 0 Å². The molecule has 0 saturated heterocycles. The van der Waals surface area contributed by atoms with Gasteiger partial charge in [0.1, 0.15) is 0 Å². The molecule has 2 nitrogen and oxygen atoms in total. The van der Waals surface area contributed by atoms with Crippen LogP contribution in [0.4, 0.5) is 0 Å². The molecule has 2 aromatic rings. The van der Waals surface area contributed by atoms with E-state index in [1.54, 1.807) is 0 Å². The highest BCUT2D eigenvalue weighted by Gasteiger charge is 2.19. The van der Waals surface area contributed by atoms with Crippen LogP contribution in [0, 0.1) is 0 Å². The Bertz CT molecular complexity index is 595. The number of amides is 1. The zero-order valence-electron chi connectivity index (χ0n) is 13.1. The first-order valence-corrected chi connectivity index (χ1v) is 8.05. The number of rotatable bonds is 6. The van der Waals surface area contributed by atoms with E-state index >= 15 is 0 Å². The van der Waals surface area contributed by atoms with Gasteiger partial charge < -0.3 is 4.90 Å². The predicted molar refractivity (Wildman–Crippen MR) is 91.9 cm³/mol. The van der Waals surface area contributed by atoms with E-state index in [2.05, 4.69) is 26.0 Å². The largest absolute Gasteiger partial charge is 0.335 e. The molecule has 0 aromatic heterocycles. The van der Waals surface area contributed by atoms with Gasteiger partial charge in [0.15, 0.2) is 0 Å². The van der Waals surface area contributed by atoms with Crippen LogP contribution in [0.5, 0.6) is 0 Å². The van der Waals surface area contributed by atoms with Gasteiger partial charge in [-0.15, -0.1) is 0 Å². The second-order valence-corrected chi connectivity index (χ2v) is 6.00. The SMILES string of the molecule is CCC(C)N(Cc1ccccc1)C(=O)Cc1ccc(Cl)cc1. The number of carbonyl (C=O) groups is 1. The Labute approximate surface area is 137 Å². The number of nitrogens with zero attached hydrogens (tertiary/aromatic N) is 1. The summed E-state index contributed by atoms with van der Waals surface area (Å²) >= 11 is 5.90. The Morgan fingerprint density at radius 2 is 1.68 bits per heavy atom. The fraction of sp³-hybridized carbons (Fsp3) is 0.316. The van der Waals surface area contributed by atoms with E-state index in [9.17, 15) is 4.79 Å². The van der Waals surface area contributed by atoms with Crippen molar-refractivity contribution < 1.29 is 4.79 Å². The molecule has 0 bridgehead atoms. The van der Waals surface area contributed by atoms with Crippen molar-refractivity contribution in [3.63, 3.8) is 0 Å². The second-order valence-electron chi connectivity index (χ2n) is 5.57. The lowest BCUT2D eigenvalue weighted by Gasteiger charge is -2.29. The van der Waals surface area contributed by atoms with E-state index < -0.39 is 0 Å². The summed E-state index contributed by atoms with van der Waals surface area (Å²) in [7, 11) is 0. The number of hydrogen-bond donors (Lipinski definition) is 0. The van der Waals surface area contributed by atoms with E-state index in [1.165, 1.54) is 0 Å². The van der Waals surface area contributed by atoms with Crippen molar-refractivity contribution in [2.24, 2.45) is 0 Å². The van der Waals surface area contributed by atoms with Crippen molar-refractivity contribution in [2.75, 3.05) is 0 Å². The van der Waals surface area contributed by atoms with E-state index in [0.717, 1.165) is 17.5 Å². The van der Waals surface area contributed by atoms with E-state index in [0.29, 0.717) is 18.0 Å². The Morgan fingerprint density at radius 1 is 1.05 bits per heavy atom. The van der Waals surface area contributed by atoms with Gasteiger partial charge in [0.2, 0.25) is 5.91 Å². The number of benzene rings is 2. The Balaban J connectivity index is 2.10. The predicted octanol–water partition coefficient (Wildman–Crippen LogP) is 4.71. The normalized spacial score (nSPS) is 12.0. The maximum Gasteiger partial charge on any atom is 0.227 e. The Hall–Kier alpha value is -1.80. The maximum atomic E-state index is 12.7. The zero-order valence-corrected chi connectivity index (χ0v) is 13.9. The van der Waals surface area contributed by atoms with Crippen molar-refractivity contribution in [2.45, 2.75) is 39.3 Å². The first kappa shape index (κ1) is 16.6. The van der Waals surface area contributed by atoms with Crippen LogP contribution in [0.3, 0.4) is 0 Å². The topological polar surface area (TPSA) is 20.3 Å². The highest BCUT2D eigenvalue weighted by Crippen LogP contribution is 2.15. The molecule has 1 atom stereocenters. The van der Waals surface area contributed by atoms with Crippen LogP contribution < -0.4 is 0 Å². The lowest BCUT2D eigenvalue weighted by Crippen LogP contribution is -2.38. The minimum absolute atomic E-state index is 0.153. The third kappa shape index (κ3) is 4.60. The van der Waals surface area contributed by atoms with Gasteiger partial charge in [0, 0.05) is 17.6 Å². The van der Waals surface area contributed by atoms with Crippen molar-refractivity contribution in [1.29, 1.82) is 0 Å². The molecule has 1 amide bonds. The van der Waals surface area contributed by atoms with Crippen molar-refractivity contribution in [1.82, 2.24) is 4.90 Å². The van der Waals surface area contributed by atoms with E-state index in [-0.39, 0.29) is 11.9 Å². The fourth-order valence-corrected chi connectivity index (χ4v) is 2.49. The first-order chi connectivity index (χ1) is 10.6. The fourth-order valence-electron chi connectivity index (χ4n) is 2.37. The van der Waals surface area contributed by atoms with Gasteiger partial charge in [-0.3, -0.25) is 4.79 Å². The molecule has 0 aliphatic rings. The molecule has 0 aliphatic carbocycles. The molecule has 0 saturated carbocycles. The molecule has 22 heavy (non-hydrogen) atoms. The van der Waals surface area contributed by atoms with E-state index in [4.69, 9.17) is 11.6 Å². The van der Waals surface area contributed by atoms with E-state index in [1.807, 2.05) is 47.4 Å². The number of carbonyl (C=O) groups excluding carboxylic acids is 1. The van der Waals surface area contributed by atoms with Crippen molar-refractivity contribution >= 4 is 17.5 Å². The van der Waals surface area contributed by atoms with Crippen LogP contribution in [-0.4, -0.2) is 16.8 Å². The molecule has 0 aliphatic heterocycles. The molecule has 2 rings (SSSR count). The molecule has 0 fully saturated rings. The molecule has 0 radical (unpaired) electrons. The lowest BCUT2D eigenvalue weighted by atomic mass is 10.1. The van der Waals surface area contributed by atoms with Gasteiger partial charge >= 0.3 is 0 Å². The van der Waals surface area contributed by atoms with Gasteiger partial charge in [-0.25, -0.2) is 0 Å². The summed E-state index contributed by atoms with van der Waals surface area (Å²) in [5, 5.41) is 0.694. The number of hydrogen-bond acceptors (Lipinski definition) is 1. The lowest BCUT2D eigenvalue weighted by molar-refractivity contribution is -0.133. The van der Waals surface area contributed by atoms with Gasteiger partial charge in [-0.1, -0.05) is 61.0 Å². The second kappa shape index (κ2) is 8.00. The highest BCUT2D eigenvalue weighted by molar-refractivity contribution is 6.30. The molecule has 3 heteroatoms. The van der Waals surface area contributed by atoms with Gasteiger partial charge in [-0.05, 0) is 36.6 Å². The molecule has 0 N–H and O–H groups in total. The summed E-state index contributed by atoms with van der Waals surface area (Å²) in [4.78, 5) is 14.7. The van der Waals surface area contributed by atoms with Crippen LogP contribution in [0.2, 0.25) is 5.02 Å². The third-order valence-electron chi connectivity index (χ3n) is 3.91. The average molecular weight is 316 g/mol. The molecular formula is C19H22ClNO. The smallest absolute Gasteiger partial charge is 0.227 e. The van der Waals surface area contributed by atoms with Gasteiger partial charge in [-0.2, -0.15) is 0 Å². The van der Waals surface area contributed by atoms with Crippen LogP contribution in [-0.2, 0) is 17.8 Å². The highest BCUT2D eigenvalue weighted by atomic mass is 35.5. The summed E-state index contributed by atoms with van der Waals surface area (Å²) in [6, 6.07) is 17.8. The quantitative estimate of drug-likeness (QED) is 0.756. The molecule has 116 valence electrons. The molecule has 0 spiro atoms. The first-order valence-electron chi connectivity index (χ1n) is 7.68.